The van der Waals surface area contributed by atoms with Crippen molar-refractivity contribution in [3.8, 4) is 11.5 Å². The van der Waals surface area contributed by atoms with E-state index in [1.54, 1.807) is 24.3 Å². The average Bonchev–Trinajstić information content (AvgIpc) is 2.70. The highest BCUT2D eigenvalue weighted by Crippen LogP contribution is 2.28. The molecule has 1 aromatic rings. The third-order valence-electron chi connectivity index (χ3n) is 4.38. The van der Waals surface area contributed by atoms with Gasteiger partial charge in [0.05, 0.1) is 13.7 Å². The number of nitrogens with two attached hydrogens (primary N) is 1. The normalized spacial score (nSPS) is 14.5. The Hall–Kier alpha value is -3.03. The van der Waals surface area contributed by atoms with Crippen LogP contribution in [0.2, 0.25) is 0 Å². The molecule has 0 radical (unpaired) electrons. The monoisotopic (exact) mass is 389 g/mol. The number of methoxy groups -OCH3 is 1. The molecule has 0 aliphatic heterocycles. The van der Waals surface area contributed by atoms with Crippen LogP contribution >= 0.6 is 0 Å². The second-order valence-electron chi connectivity index (χ2n) is 6.62. The molecule has 28 heavy (non-hydrogen) atoms. The van der Waals surface area contributed by atoms with Gasteiger partial charge in [-0.25, -0.2) is 0 Å². The van der Waals surface area contributed by atoms with Crippen molar-refractivity contribution in [2.24, 2.45) is 5.73 Å². The lowest BCUT2D eigenvalue weighted by Crippen LogP contribution is -2.42. The van der Waals surface area contributed by atoms with Crippen molar-refractivity contribution in [3.05, 3.63) is 29.8 Å². The molecule has 0 saturated heterocycles. The van der Waals surface area contributed by atoms with Crippen molar-refractivity contribution in [2.45, 2.75) is 38.1 Å². The van der Waals surface area contributed by atoms with Gasteiger partial charge >= 0.3 is 0 Å². The third-order valence-corrected chi connectivity index (χ3v) is 4.38. The van der Waals surface area contributed by atoms with Crippen LogP contribution in [0.3, 0.4) is 0 Å². The molecular formula is C20H27N3O5. The molecule has 1 aliphatic carbocycles. The quantitative estimate of drug-likeness (QED) is 0.547. The van der Waals surface area contributed by atoms with Crippen LogP contribution in [0.5, 0.6) is 11.5 Å². The summed E-state index contributed by atoms with van der Waals surface area (Å²) in [4.78, 5) is 34.6. The van der Waals surface area contributed by atoms with Gasteiger partial charge in [0.25, 0.3) is 5.91 Å². The topological polar surface area (TPSA) is 120 Å². The van der Waals surface area contributed by atoms with Crippen LogP contribution in [0, 0.1) is 0 Å². The second-order valence-corrected chi connectivity index (χ2v) is 6.62. The van der Waals surface area contributed by atoms with Gasteiger partial charge in [0.1, 0.15) is 0 Å². The SMILES string of the molecule is COc1cc(/C=C/C(=O)NCC(=O)NC2CCCCC2)ccc1OCC(N)=O. The molecule has 0 spiro atoms. The number of benzene rings is 1. The largest absolute Gasteiger partial charge is 0.493 e. The van der Waals surface area contributed by atoms with E-state index >= 15 is 0 Å². The van der Waals surface area contributed by atoms with Crippen LogP contribution in [0.25, 0.3) is 6.08 Å². The number of nitrogens with one attached hydrogen (secondary N) is 2. The summed E-state index contributed by atoms with van der Waals surface area (Å²) < 4.78 is 10.5. The van der Waals surface area contributed by atoms with Gasteiger partial charge < -0.3 is 25.8 Å². The molecule has 1 aromatic carbocycles. The van der Waals surface area contributed by atoms with E-state index in [-0.39, 0.29) is 31.0 Å². The zero-order valence-electron chi connectivity index (χ0n) is 16.0. The Morgan fingerprint density at radius 1 is 1.18 bits per heavy atom. The molecule has 0 heterocycles. The number of hydrogen-bond acceptors (Lipinski definition) is 5. The second kappa shape index (κ2) is 11.0. The van der Waals surface area contributed by atoms with Crippen LogP contribution in [0.1, 0.15) is 37.7 Å². The summed E-state index contributed by atoms with van der Waals surface area (Å²) in [6.07, 6.45) is 8.42. The van der Waals surface area contributed by atoms with Crippen LogP contribution in [0.15, 0.2) is 24.3 Å². The maximum absolute atomic E-state index is 11.9. The van der Waals surface area contributed by atoms with Crippen LogP contribution in [-0.4, -0.2) is 44.0 Å². The fraction of sp³-hybridized carbons (Fsp3) is 0.450. The first-order valence-electron chi connectivity index (χ1n) is 9.32. The number of hydrogen-bond donors (Lipinski definition) is 3. The first-order valence-corrected chi connectivity index (χ1v) is 9.32. The van der Waals surface area contributed by atoms with Gasteiger partial charge in [-0.3, -0.25) is 14.4 Å². The minimum Gasteiger partial charge on any atom is -0.493 e. The van der Waals surface area contributed by atoms with E-state index in [9.17, 15) is 14.4 Å². The highest BCUT2D eigenvalue weighted by molar-refractivity contribution is 5.94. The number of ether oxygens (including phenoxy) is 2. The van der Waals surface area contributed by atoms with Crippen LogP contribution in [0.4, 0.5) is 0 Å². The van der Waals surface area contributed by atoms with Crippen molar-refractivity contribution in [3.63, 3.8) is 0 Å². The molecule has 8 nitrogen and oxygen atoms in total. The summed E-state index contributed by atoms with van der Waals surface area (Å²) in [7, 11) is 1.47. The molecule has 0 aromatic heterocycles. The maximum Gasteiger partial charge on any atom is 0.255 e. The summed E-state index contributed by atoms with van der Waals surface area (Å²) in [5, 5.41) is 5.52. The summed E-state index contributed by atoms with van der Waals surface area (Å²) in [6, 6.07) is 5.21. The molecule has 0 atom stereocenters. The highest BCUT2D eigenvalue weighted by atomic mass is 16.5. The molecule has 3 amide bonds. The number of primary amides is 1. The van der Waals surface area contributed by atoms with Gasteiger partial charge in [-0.2, -0.15) is 0 Å². The first kappa shape index (κ1) is 21.3. The predicted molar refractivity (Wildman–Crippen MR) is 105 cm³/mol. The molecule has 4 N–H and O–H groups in total. The fourth-order valence-corrected chi connectivity index (χ4v) is 2.98. The maximum atomic E-state index is 11.9. The van der Waals surface area contributed by atoms with Crippen molar-refractivity contribution in [1.29, 1.82) is 0 Å². The molecule has 8 heteroatoms. The number of carbonyl (C=O) groups excluding carboxylic acids is 3. The number of carbonyl (C=O) groups is 3. The summed E-state index contributed by atoms with van der Waals surface area (Å²) in [6.45, 7) is -0.306. The zero-order chi connectivity index (χ0) is 20.4. The Labute approximate surface area is 164 Å². The number of rotatable bonds is 9. The van der Waals surface area contributed by atoms with E-state index < -0.39 is 5.91 Å². The number of amides is 3. The predicted octanol–water partition coefficient (Wildman–Crippen LogP) is 1.14. The molecule has 2 rings (SSSR count). The van der Waals surface area contributed by atoms with E-state index in [0.717, 1.165) is 25.7 Å². The van der Waals surface area contributed by atoms with E-state index in [2.05, 4.69) is 10.6 Å². The Morgan fingerprint density at radius 2 is 1.93 bits per heavy atom. The van der Waals surface area contributed by atoms with Crippen LogP contribution < -0.4 is 25.8 Å². The Morgan fingerprint density at radius 3 is 2.61 bits per heavy atom. The molecule has 152 valence electrons. The van der Waals surface area contributed by atoms with E-state index in [4.69, 9.17) is 15.2 Å². The minimum atomic E-state index is -0.588. The molecule has 1 saturated carbocycles. The minimum absolute atomic E-state index is 0.0527. The smallest absolute Gasteiger partial charge is 0.255 e. The standard InChI is InChI=1S/C20H27N3O5/c1-27-17-11-14(7-9-16(17)28-13-18(21)24)8-10-19(25)22-12-20(26)23-15-5-3-2-4-6-15/h7-11,15H,2-6,12-13H2,1H3,(H2,21,24)(H,22,25)(H,23,26)/b10-8+. The van der Waals surface area contributed by atoms with E-state index in [1.807, 2.05) is 0 Å². The van der Waals surface area contributed by atoms with Gasteiger partial charge in [0.2, 0.25) is 11.8 Å². The molecule has 1 aliphatic rings. The van der Waals surface area contributed by atoms with Crippen molar-refractivity contribution >= 4 is 23.8 Å². The lowest BCUT2D eigenvalue weighted by atomic mass is 9.95. The third kappa shape index (κ3) is 7.30. The summed E-state index contributed by atoms with van der Waals surface area (Å²) >= 11 is 0. The molecule has 0 bridgehead atoms. The Balaban J connectivity index is 1.82. The van der Waals surface area contributed by atoms with Gasteiger partial charge in [0, 0.05) is 12.1 Å². The van der Waals surface area contributed by atoms with Gasteiger partial charge in [-0.1, -0.05) is 25.3 Å². The highest BCUT2D eigenvalue weighted by Gasteiger charge is 2.15. The average molecular weight is 389 g/mol. The van der Waals surface area contributed by atoms with Gasteiger partial charge in [-0.15, -0.1) is 0 Å². The van der Waals surface area contributed by atoms with Crippen molar-refractivity contribution in [2.75, 3.05) is 20.3 Å². The fourth-order valence-electron chi connectivity index (χ4n) is 2.98. The van der Waals surface area contributed by atoms with Gasteiger partial charge in [-0.05, 0) is 36.6 Å². The molecular weight excluding hydrogens is 362 g/mol. The lowest BCUT2D eigenvalue weighted by molar-refractivity contribution is -0.124. The Bertz CT molecular complexity index is 727. The van der Waals surface area contributed by atoms with E-state index in [0.29, 0.717) is 17.1 Å². The molecule has 1 fully saturated rings. The van der Waals surface area contributed by atoms with Gasteiger partial charge in [0.15, 0.2) is 18.1 Å². The Kier molecular flexibility index (Phi) is 8.33. The lowest BCUT2D eigenvalue weighted by Gasteiger charge is -2.22. The van der Waals surface area contributed by atoms with Crippen molar-refractivity contribution < 1.29 is 23.9 Å². The van der Waals surface area contributed by atoms with Crippen molar-refractivity contribution in [1.82, 2.24) is 10.6 Å². The zero-order valence-corrected chi connectivity index (χ0v) is 16.0. The molecule has 0 unspecified atom stereocenters. The summed E-state index contributed by atoms with van der Waals surface area (Å²) in [5.74, 6) is -0.341. The summed E-state index contributed by atoms with van der Waals surface area (Å²) in [5.41, 5.74) is 5.76. The first-order chi connectivity index (χ1) is 13.5. The van der Waals surface area contributed by atoms with E-state index in [1.165, 1.54) is 19.6 Å². The van der Waals surface area contributed by atoms with Crippen LogP contribution in [-0.2, 0) is 14.4 Å².